The van der Waals surface area contributed by atoms with E-state index in [4.69, 9.17) is 9.47 Å². The largest absolute Gasteiger partial charge is 0.454 e. The molecule has 0 aliphatic carbocycles. The van der Waals surface area contributed by atoms with Crippen LogP contribution in [-0.4, -0.2) is 13.1 Å². The monoisotopic (exact) mass is 284 g/mol. The molecule has 0 atom stereocenters. The Hall–Kier alpha value is -1.03. The first-order chi connectivity index (χ1) is 7.77. The summed E-state index contributed by atoms with van der Waals surface area (Å²) in [6.45, 7) is 2.36. The second-order valence-electron chi connectivity index (χ2n) is 3.62. The van der Waals surface area contributed by atoms with E-state index in [1.54, 1.807) is 0 Å². The van der Waals surface area contributed by atoms with Crippen molar-refractivity contribution in [2.45, 2.75) is 26.2 Å². The smallest absolute Gasteiger partial charge is 0.231 e. The number of aldehydes is 1. The number of carbonyl (C=O) groups is 1. The van der Waals surface area contributed by atoms with Crippen molar-refractivity contribution < 1.29 is 14.3 Å². The normalized spacial score (nSPS) is 12.9. The number of hydrogen-bond acceptors (Lipinski definition) is 3. The molecule has 1 aliphatic heterocycles. The number of benzene rings is 1. The summed E-state index contributed by atoms with van der Waals surface area (Å²) in [5.41, 5.74) is 2.36. The minimum absolute atomic E-state index is 0.272. The number of ether oxygens (including phenoxy) is 2. The molecular formula is C12H13BrO3. The lowest BCUT2D eigenvalue weighted by Gasteiger charge is -2.11. The van der Waals surface area contributed by atoms with Crippen LogP contribution < -0.4 is 9.47 Å². The fraction of sp³-hybridized carbons (Fsp3) is 0.417. The van der Waals surface area contributed by atoms with Gasteiger partial charge in [0.1, 0.15) is 6.29 Å². The van der Waals surface area contributed by atoms with Gasteiger partial charge in [0.2, 0.25) is 6.79 Å². The predicted molar refractivity (Wildman–Crippen MR) is 64.0 cm³/mol. The summed E-state index contributed by atoms with van der Waals surface area (Å²) in [5, 5.41) is 0. The molecule has 16 heavy (non-hydrogen) atoms. The van der Waals surface area contributed by atoms with Gasteiger partial charge in [-0.3, -0.25) is 0 Å². The van der Waals surface area contributed by atoms with Crippen molar-refractivity contribution in [2.75, 3.05) is 6.79 Å². The van der Waals surface area contributed by atoms with Crippen LogP contribution in [0.1, 0.15) is 24.5 Å². The van der Waals surface area contributed by atoms with Gasteiger partial charge in [-0.25, -0.2) is 0 Å². The maximum atomic E-state index is 10.4. The number of rotatable bonds is 4. The van der Waals surface area contributed by atoms with E-state index in [1.807, 2.05) is 6.07 Å². The van der Waals surface area contributed by atoms with Gasteiger partial charge in [0, 0.05) is 6.42 Å². The molecule has 0 amide bonds. The van der Waals surface area contributed by atoms with Crippen LogP contribution in [0.2, 0.25) is 0 Å². The Bertz CT molecular complexity index is 415. The molecule has 3 nitrogen and oxygen atoms in total. The molecule has 0 saturated carbocycles. The predicted octanol–water partition coefficient (Wildman–Crippen LogP) is 2.87. The summed E-state index contributed by atoms with van der Waals surface area (Å²) in [7, 11) is 0. The van der Waals surface area contributed by atoms with Gasteiger partial charge in [0.25, 0.3) is 0 Å². The Morgan fingerprint density at radius 1 is 1.50 bits per heavy atom. The van der Waals surface area contributed by atoms with Gasteiger partial charge in [-0.1, -0.05) is 6.92 Å². The third kappa shape index (κ3) is 1.94. The van der Waals surface area contributed by atoms with E-state index in [2.05, 4.69) is 22.9 Å². The topological polar surface area (TPSA) is 35.5 Å². The lowest BCUT2D eigenvalue weighted by Crippen LogP contribution is -1.96. The molecule has 1 heterocycles. The van der Waals surface area contributed by atoms with E-state index in [0.29, 0.717) is 6.42 Å². The number of hydrogen-bond donors (Lipinski definition) is 0. The SMILES string of the molecule is CCc1c(CCC=O)cc2c(c1Br)OCO2. The average Bonchev–Trinajstić information content (AvgIpc) is 2.75. The molecule has 86 valence electrons. The Labute approximate surface area is 103 Å². The molecule has 0 fully saturated rings. The summed E-state index contributed by atoms with van der Waals surface area (Å²) in [4.78, 5) is 10.4. The molecule has 0 aromatic heterocycles. The Morgan fingerprint density at radius 3 is 3.00 bits per heavy atom. The van der Waals surface area contributed by atoms with E-state index < -0.39 is 0 Å². The molecule has 1 aromatic rings. The Morgan fingerprint density at radius 2 is 2.31 bits per heavy atom. The summed E-state index contributed by atoms with van der Waals surface area (Å²) in [5.74, 6) is 1.55. The highest BCUT2D eigenvalue weighted by Gasteiger charge is 2.21. The quantitative estimate of drug-likeness (QED) is 0.798. The van der Waals surface area contributed by atoms with E-state index in [0.717, 1.165) is 40.7 Å². The zero-order valence-corrected chi connectivity index (χ0v) is 10.7. The fourth-order valence-corrected chi connectivity index (χ4v) is 2.76. The first-order valence-electron chi connectivity index (χ1n) is 5.31. The van der Waals surface area contributed by atoms with Crippen LogP contribution in [-0.2, 0) is 17.6 Å². The van der Waals surface area contributed by atoms with E-state index in [9.17, 15) is 4.79 Å². The molecule has 0 radical (unpaired) electrons. The van der Waals surface area contributed by atoms with Crippen LogP contribution in [0.4, 0.5) is 0 Å². The molecule has 2 rings (SSSR count). The lowest BCUT2D eigenvalue weighted by atomic mass is 10.0. The van der Waals surface area contributed by atoms with Gasteiger partial charge in [-0.2, -0.15) is 0 Å². The molecule has 1 aromatic carbocycles. The van der Waals surface area contributed by atoms with Crippen molar-refractivity contribution in [3.63, 3.8) is 0 Å². The highest BCUT2D eigenvalue weighted by Crippen LogP contribution is 2.43. The average molecular weight is 285 g/mol. The van der Waals surface area contributed by atoms with Crippen LogP contribution in [0.25, 0.3) is 0 Å². The zero-order valence-electron chi connectivity index (χ0n) is 9.09. The third-order valence-electron chi connectivity index (χ3n) is 2.68. The first kappa shape index (κ1) is 11.5. The number of fused-ring (bicyclic) bond motifs is 1. The van der Waals surface area contributed by atoms with Crippen molar-refractivity contribution in [3.8, 4) is 11.5 Å². The maximum absolute atomic E-state index is 10.4. The van der Waals surface area contributed by atoms with E-state index in [-0.39, 0.29) is 6.79 Å². The molecular weight excluding hydrogens is 272 g/mol. The third-order valence-corrected chi connectivity index (χ3v) is 3.52. The van der Waals surface area contributed by atoms with Crippen molar-refractivity contribution in [1.82, 2.24) is 0 Å². The summed E-state index contributed by atoms with van der Waals surface area (Å²) in [6, 6.07) is 1.98. The van der Waals surface area contributed by atoms with Gasteiger partial charge in [0.05, 0.1) is 4.47 Å². The number of carbonyl (C=O) groups excluding carboxylic acids is 1. The van der Waals surface area contributed by atoms with Crippen molar-refractivity contribution >= 4 is 22.2 Å². The minimum Gasteiger partial charge on any atom is -0.454 e. The van der Waals surface area contributed by atoms with Gasteiger partial charge in [-0.05, 0) is 46.0 Å². The standard InChI is InChI=1S/C12H13BrO3/c1-2-9-8(4-3-5-14)6-10-12(11(9)13)16-7-15-10/h5-6H,2-4,7H2,1H3. The molecule has 1 aliphatic rings. The fourth-order valence-electron chi connectivity index (χ4n) is 1.91. The molecule has 0 bridgehead atoms. The maximum Gasteiger partial charge on any atom is 0.231 e. The minimum atomic E-state index is 0.272. The van der Waals surface area contributed by atoms with Crippen molar-refractivity contribution in [2.24, 2.45) is 0 Å². The first-order valence-corrected chi connectivity index (χ1v) is 6.10. The number of halogens is 1. The molecule has 0 N–H and O–H groups in total. The molecule has 0 saturated heterocycles. The van der Waals surface area contributed by atoms with E-state index >= 15 is 0 Å². The van der Waals surface area contributed by atoms with Crippen molar-refractivity contribution in [3.05, 3.63) is 21.7 Å². The second kappa shape index (κ2) is 4.87. The molecule has 0 unspecified atom stereocenters. The summed E-state index contributed by atoms with van der Waals surface area (Å²) >= 11 is 3.54. The van der Waals surface area contributed by atoms with Crippen LogP contribution in [0.3, 0.4) is 0 Å². The van der Waals surface area contributed by atoms with Gasteiger partial charge in [-0.15, -0.1) is 0 Å². The van der Waals surface area contributed by atoms with Gasteiger partial charge in [0.15, 0.2) is 11.5 Å². The van der Waals surface area contributed by atoms with Gasteiger partial charge < -0.3 is 14.3 Å². The van der Waals surface area contributed by atoms with Crippen LogP contribution in [0.5, 0.6) is 11.5 Å². The molecule has 0 spiro atoms. The molecule has 4 heteroatoms. The van der Waals surface area contributed by atoms with Gasteiger partial charge >= 0.3 is 0 Å². The van der Waals surface area contributed by atoms with Crippen LogP contribution in [0, 0.1) is 0 Å². The highest BCUT2D eigenvalue weighted by atomic mass is 79.9. The van der Waals surface area contributed by atoms with Crippen molar-refractivity contribution in [1.29, 1.82) is 0 Å². The Balaban J connectivity index is 2.43. The lowest BCUT2D eigenvalue weighted by molar-refractivity contribution is -0.107. The van der Waals surface area contributed by atoms with Crippen LogP contribution >= 0.6 is 15.9 Å². The second-order valence-corrected chi connectivity index (χ2v) is 4.41. The summed E-state index contributed by atoms with van der Waals surface area (Å²) in [6.07, 6.45) is 3.14. The Kier molecular flexibility index (Phi) is 3.49. The highest BCUT2D eigenvalue weighted by molar-refractivity contribution is 9.10. The zero-order chi connectivity index (χ0) is 11.5. The number of aryl methyl sites for hydroxylation is 1. The van der Waals surface area contributed by atoms with E-state index in [1.165, 1.54) is 5.56 Å². The summed E-state index contributed by atoms with van der Waals surface area (Å²) < 4.78 is 11.7. The van der Waals surface area contributed by atoms with Crippen LogP contribution in [0.15, 0.2) is 10.5 Å².